The molecule has 0 amide bonds. The molecule has 1 aromatic carbocycles. The average Bonchev–Trinajstić information content (AvgIpc) is 2.84. The Hall–Kier alpha value is -2.27. The first-order valence-corrected chi connectivity index (χ1v) is 7.36. The van der Waals surface area contributed by atoms with Crippen LogP contribution in [-0.4, -0.2) is 9.97 Å². The van der Waals surface area contributed by atoms with Gasteiger partial charge in [-0.25, -0.2) is 9.37 Å². The monoisotopic (exact) mass is 299 g/mol. The molecule has 0 radical (unpaired) electrons. The van der Waals surface area contributed by atoms with Gasteiger partial charge in [-0.05, 0) is 49.7 Å². The van der Waals surface area contributed by atoms with Crippen molar-refractivity contribution in [2.24, 2.45) is 0 Å². The molecular weight excluding hydrogens is 285 g/mol. The van der Waals surface area contributed by atoms with Crippen LogP contribution in [0.4, 0.5) is 15.2 Å². The van der Waals surface area contributed by atoms with Crippen LogP contribution in [0.2, 0.25) is 0 Å². The zero-order chi connectivity index (χ0) is 14.8. The average molecular weight is 299 g/mol. The van der Waals surface area contributed by atoms with Crippen molar-refractivity contribution in [2.75, 3.05) is 5.32 Å². The predicted molar refractivity (Wildman–Crippen MR) is 84.5 cm³/mol. The van der Waals surface area contributed by atoms with E-state index in [9.17, 15) is 4.39 Å². The third-order valence-electron chi connectivity index (χ3n) is 3.14. The predicted octanol–water partition coefficient (Wildman–Crippen LogP) is 4.70. The van der Waals surface area contributed by atoms with Gasteiger partial charge in [-0.15, -0.1) is 11.3 Å². The van der Waals surface area contributed by atoms with Crippen LogP contribution < -0.4 is 5.32 Å². The molecule has 2 heterocycles. The van der Waals surface area contributed by atoms with Gasteiger partial charge in [-0.1, -0.05) is 0 Å². The molecule has 2 aromatic heterocycles. The molecule has 106 valence electrons. The van der Waals surface area contributed by atoms with Crippen LogP contribution in [-0.2, 0) is 0 Å². The van der Waals surface area contributed by atoms with Crippen LogP contribution >= 0.6 is 11.3 Å². The minimum absolute atomic E-state index is 0.194. The van der Waals surface area contributed by atoms with Gasteiger partial charge in [0.1, 0.15) is 5.82 Å². The highest BCUT2D eigenvalue weighted by Crippen LogP contribution is 2.32. The number of hydrogen-bond acceptors (Lipinski definition) is 4. The summed E-state index contributed by atoms with van der Waals surface area (Å²) in [6, 6.07) is 8.87. The summed E-state index contributed by atoms with van der Waals surface area (Å²) in [6.45, 7) is 3.77. The Bertz CT molecular complexity index is 768. The van der Waals surface area contributed by atoms with Gasteiger partial charge in [-0.2, -0.15) is 0 Å². The third kappa shape index (κ3) is 2.92. The summed E-state index contributed by atoms with van der Waals surface area (Å²) in [4.78, 5) is 9.76. The molecule has 0 bridgehead atoms. The van der Waals surface area contributed by atoms with Crippen molar-refractivity contribution in [2.45, 2.75) is 13.8 Å². The lowest BCUT2D eigenvalue weighted by Gasteiger charge is -2.02. The molecule has 0 saturated heterocycles. The van der Waals surface area contributed by atoms with Crippen LogP contribution in [0.3, 0.4) is 0 Å². The number of nitrogens with zero attached hydrogens (tertiary/aromatic N) is 2. The minimum atomic E-state index is -0.194. The smallest absolute Gasteiger partial charge is 0.188 e. The van der Waals surface area contributed by atoms with Crippen molar-refractivity contribution in [3.05, 3.63) is 59.0 Å². The van der Waals surface area contributed by atoms with E-state index >= 15 is 0 Å². The number of thiazole rings is 1. The van der Waals surface area contributed by atoms with Gasteiger partial charge in [0.2, 0.25) is 0 Å². The van der Waals surface area contributed by atoms with Crippen LogP contribution in [0.5, 0.6) is 0 Å². The Morgan fingerprint density at radius 3 is 2.76 bits per heavy atom. The number of rotatable bonds is 3. The van der Waals surface area contributed by atoms with Crippen LogP contribution in [0, 0.1) is 19.7 Å². The number of pyridine rings is 1. The topological polar surface area (TPSA) is 37.8 Å². The molecule has 0 saturated carbocycles. The molecule has 0 fully saturated rings. The van der Waals surface area contributed by atoms with Gasteiger partial charge in [0.15, 0.2) is 5.13 Å². The SMILES string of the molecule is Cc1cc(-c2nc(Nc3cccnc3)sc2C)ccc1F. The maximum Gasteiger partial charge on any atom is 0.188 e. The van der Waals surface area contributed by atoms with E-state index in [-0.39, 0.29) is 5.82 Å². The van der Waals surface area contributed by atoms with E-state index in [0.29, 0.717) is 5.56 Å². The summed E-state index contributed by atoms with van der Waals surface area (Å²) < 4.78 is 13.4. The van der Waals surface area contributed by atoms with E-state index in [1.165, 1.54) is 6.07 Å². The van der Waals surface area contributed by atoms with Crippen molar-refractivity contribution in [1.82, 2.24) is 9.97 Å². The number of halogens is 1. The summed E-state index contributed by atoms with van der Waals surface area (Å²) >= 11 is 1.57. The summed E-state index contributed by atoms with van der Waals surface area (Å²) in [5.74, 6) is -0.194. The molecule has 1 N–H and O–H groups in total. The molecule has 0 spiro atoms. The van der Waals surface area contributed by atoms with E-state index in [1.807, 2.05) is 25.1 Å². The fourth-order valence-electron chi connectivity index (χ4n) is 2.07. The van der Waals surface area contributed by atoms with Crippen molar-refractivity contribution < 1.29 is 4.39 Å². The number of aromatic nitrogens is 2. The first-order chi connectivity index (χ1) is 10.1. The van der Waals surface area contributed by atoms with Crippen molar-refractivity contribution in [3.63, 3.8) is 0 Å². The lowest BCUT2D eigenvalue weighted by atomic mass is 10.1. The maximum absolute atomic E-state index is 13.4. The summed E-state index contributed by atoms with van der Waals surface area (Å²) in [5, 5.41) is 4.03. The van der Waals surface area contributed by atoms with E-state index in [0.717, 1.165) is 27.0 Å². The summed E-state index contributed by atoms with van der Waals surface area (Å²) in [5.41, 5.74) is 3.34. The van der Waals surface area contributed by atoms with E-state index < -0.39 is 0 Å². The highest BCUT2D eigenvalue weighted by molar-refractivity contribution is 7.16. The van der Waals surface area contributed by atoms with Crippen molar-refractivity contribution in [3.8, 4) is 11.3 Å². The molecule has 0 aliphatic rings. The van der Waals surface area contributed by atoms with Gasteiger partial charge in [0.25, 0.3) is 0 Å². The van der Waals surface area contributed by atoms with E-state index in [1.54, 1.807) is 36.7 Å². The molecule has 0 aliphatic carbocycles. The first-order valence-electron chi connectivity index (χ1n) is 6.54. The normalized spacial score (nSPS) is 10.6. The zero-order valence-corrected chi connectivity index (χ0v) is 12.5. The Morgan fingerprint density at radius 2 is 2.05 bits per heavy atom. The van der Waals surface area contributed by atoms with E-state index in [2.05, 4.69) is 15.3 Å². The highest BCUT2D eigenvalue weighted by atomic mass is 32.1. The summed E-state index contributed by atoms with van der Waals surface area (Å²) in [6.07, 6.45) is 3.48. The molecule has 3 rings (SSSR count). The second-order valence-corrected chi connectivity index (χ2v) is 5.96. The molecular formula is C16H14FN3S. The molecule has 5 heteroatoms. The van der Waals surface area contributed by atoms with Gasteiger partial charge < -0.3 is 5.32 Å². The number of anilines is 2. The lowest BCUT2D eigenvalue weighted by Crippen LogP contribution is -1.90. The Labute approximate surface area is 126 Å². The Balaban J connectivity index is 1.92. The Morgan fingerprint density at radius 1 is 1.19 bits per heavy atom. The standard InChI is InChI=1S/C16H14FN3S/c1-10-8-12(5-6-14(10)17)15-11(2)21-16(20-15)19-13-4-3-7-18-9-13/h3-9H,1-2H3,(H,19,20). The Kier molecular flexibility index (Phi) is 3.66. The van der Waals surface area contributed by atoms with Crippen LogP contribution in [0.25, 0.3) is 11.3 Å². The molecule has 0 aliphatic heterocycles. The molecule has 21 heavy (non-hydrogen) atoms. The molecule has 0 unspecified atom stereocenters. The second-order valence-electron chi connectivity index (χ2n) is 4.75. The van der Waals surface area contributed by atoms with Gasteiger partial charge >= 0.3 is 0 Å². The van der Waals surface area contributed by atoms with E-state index in [4.69, 9.17) is 0 Å². The zero-order valence-electron chi connectivity index (χ0n) is 11.7. The van der Waals surface area contributed by atoms with Crippen molar-refractivity contribution >= 4 is 22.2 Å². The largest absolute Gasteiger partial charge is 0.330 e. The number of benzene rings is 1. The lowest BCUT2D eigenvalue weighted by molar-refractivity contribution is 0.619. The first kappa shape index (κ1) is 13.7. The van der Waals surface area contributed by atoms with Gasteiger partial charge in [0.05, 0.1) is 17.6 Å². The molecule has 3 nitrogen and oxygen atoms in total. The number of nitrogens with one attached hydrogen (secondary N) is 1. The minimum Gasteiger partial charge on any atom is -0.330 e. The van der Waals surface area contributed by atoms with Crippen molar-refractivity contribution in [1.29, 1.82) is 0 Å². The number of hydrogen-bond donors (Lipinski definition) is 1. The van der Waals surface area contributed by atoms with Crippen LogP contribution in [0.1, 0.15) is 10.4 Å². The fourth-order valence-corrected chi connectivity index (χ4v) is 2.93. The molecule has 0 atom stereocenters. The highest BCUT2D eigenvalue weighted by Gasteiger charge is 2.11. The second kappa shape index (κ2) is 5.61. The summed E-state index contributed by atoms with van der Waals surface area (Å²) in [7, 11) is 0. The third-order valence-corrected chi connectivity index (χ3v) is 4.03. The quantitative estimate of drug-likeness (QED) is 0.761. The maximum atomic E-state index is 13.4. The van der Waals surface area contributed by atoms with Crippen LogP contribution in [0.15, 0.2) is 42.7 Å². The van der Waals surface area contributed by atoms with Gasteiger partial charge in [-0.3, -0.25) is 4.98 Å². The van der Waals surface area contributed by atoms with Gasteiger partial charge in [0, 0.05) is 16.6 Å². The number of aryl methyl sites for hydroxylation is 2. The molecule has 3 aromatic rings. The fraction of sp³-hybridized carbons (Fsp3) is 0.125.